The molecular formula is C33H37F5N2O5S. The van der Waals surface area contributed by atoms with Crippen LogP contribution in [0.2, 0.25) is 0 Å². The first-order chi connectivity index (χ1) is 21.7. The van der Waals surface area contributed by atoms with Crippen molar-refractivity contribution in [1.82, 2.24) is 5.32 Å². The molecule has 1 fully saturated rings. The predicted octanol–water partition coefficient (Wildman–Crippen LogP) is 6.73. The highest BCUT2D eigenvalue weighted by molar-refractivity contribution is 7.91. The molecule has 7 nitrogen and oxygen atoms in total. The quantitative estimate of drug-likeness (QED) is 0.208. The van der Waals surface area contributed by atoms with Crippen molar-refractivity contribution in [2.24, 2.45) is 0 Å². The fourth-order valence-corrected chi connectivity index (χ4v) is 6.29. The van der Waals surface area contributed by atoms with Crippen LogP contribution < -0.4 is 10.2 Å². The van der Waals surface area contributed by atoms with E-state index in [-0.39, 0.29) is 28.7 Å². The number of ether oxygens (including phenoxy) is 1. The van der Waals surface area contributed by atoms with Crippen LogP contribution in [0.15, 0.2) is 77.7 Å². The third kappa shape index (κ3) is 8.62. The van der Waals surface area contributed by atoms with Crippen LogP contribution in [0, 0.1) is 0 Å². The monoisotopic (exact) mass is 668 g/mol. The molecule has 1 heterocycles. The van der Waals surface area contributed by atoms with Gasteiger partial charge in [0.05, 0.1) is 41.5 Å². The number of nitrogens with one attached hydrogen (secondary N) is 1. The number of anilines is 1. The topological polar surface area (TPSA) is 95.9 Å². The summed E-state index contributed by atoms with van der Waals surface area (Å²) in [4.78, 5) is 15.1. The molecule has 0 bridgehead atoms. The predicted molar refractivity (Wildman–Crippen MR) is 164 cm³/mol. The summed E-state index contributed by atoms with van der Waals surface area (Å²) < 4.78 is 96.4. The van der Waals surface area contributed by atoms with E-state index in [1.807, 2.05) is 4.90 Å². The normalized spacial score (nSPS) is 18.3. The number of carbonyl (C=O) groups is 1. The maximum absolute atomic E-state index is 14.0. The van der Waals surface area contributed by atoms with Crippen molar-refractivity contribution in [3.63, 3.8) is 0 Å². The number of hydrogen-bond acceptors (Lipinski definition) is 6. The van der Waals surface area contributed by atoms with Gasteiger partial charge in [-0.25, -0.2) is 8.42 Å². The van der Waals surface area contributed by atoms with Crippen LogP contribution >= 0.6 is 0 Å². The number of aliphatic hydroxyl groups is 1. The molecule has 1 amide bonds. The van der Waals surface area contributed by atoms with Gasteiger partial charge in [0.25, 0.3) is 5.91 Å². The maximum atomic E-state index is 14.0. The van der Waals surface area contributed by atoms with Crippen molar-refractivity contribution < 1.29 is 45.0 Å². The van der Waals surface area contributed by atoms with Crippen LogP contribution in [0.25, 0.3) is 0 Å². The van der Waals surface area contributed by atoms with Gasteiger partial charge in [-0.2, -0.15) is 22.0 Å². The smallest absolute Gasteiger partial charge is 0.394 e. The molecule has 4 rings (SSSR count). The SMILES string of the molecule is CCC(F)(F)OC[C@@H]1CCC(c2ccc(C(F)(F)F)cc2)CN1c1ccc(C(=O)N[C@@H](CO)c2ccc(S(=O)(=O)CC)cc2)cc1. The summed E-state index contributed by atoms with van der Waals surface area (Å²) in [6.07, 6.45) is -7.25. The largest absolute Gasteiger partial charge is 0.416 e. The van der Waals surface area contributed by atoms with E-state index in [1.54, 1.807) is 24.3 Å². The van der Waals surface area contributed by atoms with Gasteiger partial charge in [0, 0.05) is 30.1 Å². The Hall–Kier alpha value is -3.55. The Morgan fingerprint density at radius 3 is 2.13 bits per heavy atom. The van der Waals surface area contributed by atoms with E-state index in [0.717, 1.165) is 12.1 Å². The molecular weight excluding hydrogens is 631 g/mol. The van der Waals surface area contributed by atoms with E-state index >= 15 is 0 Å². The molecule has 0 radical (unpaired) electrons. The van der Waals surface area contributed by atoms with Crippen molar-refractivity contribution in [3.8, 4) is 0 Å². The Morgan fingerprint density at radius 1 is 0.957 bits per heavy atom. The number of amides is 1. The Bertz CT molecular complexity index is 1560. The van der Waals surface area contributed by atoms with E-state index in [4.69, 9.17) is 4.74 Å². The number of sulfone groups is 1. The van der Waals surface area contributed by atoms with E-state index in [2.05, 4.69) is 5.32 Å². The molecule has 1 aliphatic rings. The minimum Gasteiger partial charge on any atom is -0.394 e. The molecule has 0 saturated carbocycles. The standard InChI is InChI=1S/C33H37F5N2O5S/c1-3-32(34,35)45-21-28-16-9-25(22-5-12-26(13-6-22)33(36,37)38)19-40(28)27-14-7-24(8-15-27)31(42)39-30(20-41)23-10-17-29(18-11-23)46(43,44)4-2/h5-8,10-15,17-18,25,28,30,41H,3-4,9,16,19-21H2,1-2H3,(H,39,42)/t25?,28-,30-/m0/s1. The van der Waals surface area contributed by atoms with Gasteiger partial charge < -0.3 is 20.1 Å². The van der Waals surface area contributed by atoms with Gasteiger partial charge in [-0.15, -0.1) is 0 Å². The molecule has 3 aromatic rings. The van der Waals surface area contributed by atoms with Crippen molar-refractivity contribution >= 4 is 21.4 Å². The Morgan fingerprint density at radius 2 is 1.59 bits per heavy atom. The number of rotatable bonds is 12. The van der Waals surface area contributed by atoms with E-state index in [1.165, 1.54) is 50.2 Å². The number of piperidine rings is 1. The van der Waals surface area contributed by atoms with Crippen molar-refractivity contribution in [3.05, 3.63) is 95.1 Å². The van der Waals surface area contributed by atoms with Crippen molar-refractivity contribution in [2.45, 2.75) is 68.3 Å². The van der Waals surface area contributed by atoms with Crippen molar-refractivity contribution in [1.29, 1.82) is 0 Å². The summed E-state index contributed by atoms with van der Waals surface area (Å²) in [5.74, 6) is -0.730. The second-order valence-corrected chi connectivity index (χ2v) is 13.5. The van der Waals surface area contributed by atoms with Crippen LogP contribution in [0.4, 0.5) is 27.6 Å². The number of benzene rings is 3. The number of hydrogen-bond donors (Lipinski definition) is 2. The summed E-state index contributed by atoms with van der Waals surface area (Å²) in [6, 6.07) is 16.0. The molecule has 0 spiro atoms. The van der Waals surface area contributed by atoms with Crippen LogP contribution in [0.3, 0.4) is 0 Å². The number of alkyl halides is 5. The minimum atomic E-state index is -4.46. The van der Waals surface area contributed by atoms with Crippen LogP contribution in [-0.4, -0.2) is 57.1 Å². The fraction of sp³-hybridized carbons (Fsp3) is 0.424. The lowest BCUT2D eigenvalue weighted by molar-refractivity contribution is -0.241. The zero-order chi connectivity index (χ0) is 33.7. The minimum absolute atomic E-state index is 0.0609. The first-order valence-corrected chi connectivity index (χ1v) is 16.6. The Kier molecular flexibility index (Phi) is 11.1. The molecule has 13 heteroatoms. The fourth-order valence-electron chi connectivity index (χ4n) is 5.41. The average Bonchev–Trinajstić information content (AvgIpc) is 3.06. The molecule has 46 heavy (non-hydrogen) atoms. The number of carbonyl (C=O) groups excluding carboxylic acids is 1. The number of nitrogens with zero attached hydrogens (tertiary/aromatic N) is 1. The number of aliphatic hydroxyl groups excluding tert-OH is 1. The zero-order valence-electron chi connectivity index (χ0n) is 25.4. The van der Waals surface area contributed by atoms with Crippen molar-refractivity contribution in [2.75, 3.05) is 30.4 Å². The van der Waals surface area contributed by atoms with Gasteiger partial charge in [0.1, 0.15) is 0 Å². The van der Waals surface area contributed by atoms with Gasteiger partial charge in [-0.05, 0) is 72.5 Å². The molecule has 0 aliphatic carbocycles. The maximum Gasteiger partial charge on any atom is 0.416 e. The van der Waals surface area contributed by atoms with E-state index in [9.17, 15) is 40.3 Å². The highest BCUT2D eigenvalue weighted by Gasteiger charge is 2.35. The molecule has 1 aliphatic heterocycles. The van der Waals surface area contributed by atoms with Crippen LogP contribution in [0.5, 0.6) is 0 Å². The van der Waals surface area contributed by atoms with Gasteiger partial charge >= 0.3 is 12.3 Å². The summed E-state index contributed by atoms with van der Waals surface area (Å²) in [6.45, 7) is 2.48. The first kappa shape index (κ1) is 35.3. The molecule has 0 aromatic heterocycles. The zero-order valence-corrected chi connectivity index (χ0v) is 26.3. The van der Waals surface area contributed by atoms with Gasteiger partial charge in [-0.3, -0.25) is 4.79 Å². The van der Waals surface area contributed by atoms with Gasteiger partial charge in [0.2, 0.25) is 0 Å². The van der Waals surface area contributed by atoms with E-state index in [0.29, 0.717) is 36.2 Å². The second kappa shape index (κ2) is 14.5. The Balaban J connectivity index is 1.51. The lowest BCUT2D eigenvalue weighted by Gasteiger charge is -2.42. The second-order valence-electron chi connectivity index (χ2n) is 11.2. The molecule has 3 atom stereocenters. The van der Waals surface area contributed by atoms with Crippen LogP contribution in [-0.2, 0) is 20.8 Å². The molecule has 1 saturated heterocycles. The summed E-state index contributed by atoms with van der Waals surface area (Å²) >= 11 is 0. The highest BCUT2D eigenvalue weighted by atomic mass is 32.2. The third-order valence-electron chi connectivity index (χ3n) is 8.28. The molecule has 3 aromatic carbocycles. The lowest BCUT2D eigenvalue weighted by atomic mass is 9.86. The Labute approximate surface area is 265 Å². The van der Waals surface area contributed by atoms with Crippen LogP contribution in [0.1, 0.15) is 72.1 Å². The lowest BCUT2D eigenvalue weighted by Crippen LogP contribution is -2.46. The first-order valence-electron chi connectivity index (χ1n) is 15.0. The van der Waals surface area contributed by atoms with Gasteiger partial charge in [-0.1, -0.05) is 38.1 Å². The molecule has 1 unspecified atom stereocenters. The summed E-state index contributed by atoms with van der Waals surface area (Å²) in [5, 5.41) is 12.7. The summed E-state index contributed by atoms with van der Waals surface area (Å²) in [5.41, 5.74) is 1.33. The van der Waals surface area contributed by atoms with Gasteiger partial charge in [0.15, 0.2) is 9.84 Å². The highest BCUT2D eigenvalue weighted by Crippen LogP contribution is 2.36. The number of halogens is 5. The molecule has 250 valence electrons. The van der Waals surface area contributed by atoms with E-state index < -0.39 is 58.7 Å². The summed E-state index contributed by atoms with van der Waals surface area (Å²) in [7, 11) is -3.41. The molecule has 2 N–H and O–H groups in total. The third-order valence-corrected chi connectivity index (χ3v) is 10.0. The average molecular weight is 669 g/mol.